The molecule has 0 saturated heterocycles. The molecular formula is C22H21N5O. The summed E-state index contributed by atoms with van der Waals surface area (Å²) in [7, 11) is 0. The van der Waals surface area contributed by atoms with Gasteiger partial charge >= 0.3 is 0 Å². The number of aryl methyl sites for hydroxylation is 1. The van der Waals surface area contributed by atoms with Crippen LogP contribution in [0.25, 0.3) is 10.9 Å². The first-order chi connectivity index (χ1) is 13.7. The lowest BCUT2D eigenvalue weighted by Crippen LogP contribution is -2.08. The van der Waals surface area contributed by atoms with Crippen LogP contribution in [0.2, 0.25) is 0 Å². The fraction of sp³-hybridized carbons (Fsp3) is 0.136. The predicted octanol–water partition coefficient (Wildman–Crippen LogP) is 4.44. The molecule has 0 unspecified atom stereocenters. The number of nitrogens with zero attached hydrogens (tertiary/aromatic N) is 3. The van der Waals surface area contributed by atoms with Gasteiger partial charge in [0.15, 0.2) is 0 Å². The predicted molar refractivity (Wildman–Crippen MR) is 112 cm³/mol. The summed E-state index contributed by atoms with van der Waals surface area (Å²) < 4.78 is 0. The Morgan fingerprint density at radius 2 is 1.82 bits per heavy atom. The van der Waals surface area contributed by atoms with E-state index >= 15 is 0 Å². The molecule has 0 aliphatic rings. The van der Waals surface area contributed by atoms with Gasteiger partial charge in [-0.05, 0) is 55.3 Å². The number of aromatic nitrogens is 3. The van der Waals surface area contributed by atoms with Crippen molar-refractivity contribution in [3.63, 3.8) is 0 Å². The highest BCUT2D eigenvalue weighted by molar-refractivity contribution is 5.82. The van der Waals surface area contributed by atoms with Gasteiger partial charge in [-0.2, -0.15) is 4.98 Å². The summed E-state index contributed by atoms with van der Waals surface area (Å²) in [5, 5.41) is 17.0. The molecule has 4 aromatic rings. The Labute approximate surface area is 163 Å². The second-order valence-corrected chi connectivity index (χ2v) is 6.60. The molecule has 0 fully saturated rings. The monoisotopic (exact) mass is 371 g/mol. The van der Waals surface area contributed by atoms with E-state index in [4.69, 9.17) is 0 Å². The van der Waals surface area contributed by atoms with Crippen LogP contribution < -0.4 is 10.6 Å². The van der Waals surface area contributed by atoms with Crippen LogP contribution in [0, 0.1) is 6.92 Å². The van der Waals surface area contributed by atoms with E-state index in [9.17, 15) is 5.11 Å². The Bertz CT molecular complexity index is 1100. The van der Waals surface area contributed by atoms with Crippen molar-refractivity contribution >= 4 is 28.4 Å². The summed E-state index contributed by atoms with van der Waals surface area (Å²) in [6.45, 7) is 2.69. The van der Waals surface area contributed by atoms with Gasteiger partial charge in [0.2, 0.25) is 5.95 Å². The van der Waals surface area contributed by atoms with E-state index in [2.05, 4.69) is 25.6 Å². The first-order valence-electron chi connectivity index (χ1n) is 9.15. The third kappa shape index (κ3) is 4.35. The third-order valence-electron chi connectivity index (χ3n) is 4.37. The van der Waals surface area contributed by atoms with Crippen molar-refractivity contribution in [1.29, 1.82) is 0 Å². The molecule has 140 valence electrons. The molecule has 0 aliphatic heterocycles. The van der Waals surface area contributed by atoms with Crippen molar-refractivity contribution in [2.45, 2.75) is 13.3 Å². The van der Waals surface area contributed by atoms with Crippen LogP contribution in [0.5, 0.6) is 5.75 Å². The summed E-state index contributed by atoms with van der Waals surface area (Å²) in [6.07, 6.45) is 2.62. The van der Waals surface area contributed by atoms with Gasteiger partial charge in [-0.25, -0.2) is 4.98 Å². The maximum atomic E-state index is 9.36. The number of hydrogen-bond donors (Lipinski definition) is 3. The molecule has 0 atom stereocenters. The minimum atomic E-state index is 0.281. The topological polar surface area (TPSA) is 83.0 Å². The molecule has 0 amide bonds. The number of hydrogen-bond acceptors (Lipinski definition) is 6. The largest absolute Gasteiger partial charge is 0.508 e. The van der Waals surface area contributed by atoms with Crippen LogP contribution >= 0.6 is 0 Å². The molecule has 28 heavy (non-hydrogen) atoms. The normalized spacial score (nSPS) is 10.8. The molecular weight excluding hydrogens is 350 g/mol. The highest BCUT2D eigenvalue weighted by Gasteiger charge is 2.04. The van der Waals surface area contributed by atoms with E-state index < -0.39 is 0 Å². The van der Waals surface area contributed by atoms with Crippen molar-refractivity contribution in [2.24, 2.45) is 0 Å². The molecule has 4 rings (SSSR count). The number of fused-ring (bicyclic) bond motifs is 1. The highest BCUT2D eigenvalue weighted by atomic mass is 16.3. The Morgan fingerprint density at radius 3 is 2.68 bits per heavy atom. The van der Waals surface area contributed by atoms with E-state index in [-0.39, 0.29) is 5.75 Å². The second-order valence-electron chi connectivity index (χ2n) is 6.60. The van der Waals surface area contributed by atoms with Crippen molar-refractivity contribution < 1.29 is 5.11 Å². The first kappa shape index (κ1) is 17.7. The molecule has 0 spiro atoms. The standard InChI is InChI=1S/C22H21N5O/c1-15-13-21(24-12-10-16-4-7-19(28)8-5-16)27-22(25-15)26-18-6-9-20-17(14-18)3-2-11-23-20/h2-9,11,13-14,28H,10,12H2,1H3,(H2,24,25,26,27). The van der Waals surface area contributed by atoms with Crippen molar-refractivity contribution in [3.05, 3.63) is 78.1 Å². The van der Waals surface area contributed by atoms with Crippen molar-refractivity contribution in [2.75, 3.05) is 17.2 Å². The van der Waals surface area contributed by atoms with Gasteiger partial charge < -0.3 is 15.7 Å². The lowest BCUT2D eigenvalue weighted by Gasteiger charge is -2.10. The number of pyridine rings is 1. The molecule has 0 bridgehead atoms. The van der Waals surface area contributed by atoms with Crippen LogP contribution in [0.4, 0.5) is 17.5 Å². The lowest BCUT2D eigenvalue weighted by atomic mass is 10.1. The Kier molecular flexibility index (Phi) is 5.01. The number of anilines is 3. The number of phenolic OH excluding ortho intramolecular Hbond substituents is 1. The molecule has 0 aliphatic carbocycles. The minimum absolute atomic E-state index is 0.281. The molecule has 3 N–H and O–H groups in total. The Hall–Kier alpha value is -3.67. The van der Waals surface area contributed by atoms with Gasteiger partial charge in [-0.3, -0.25) is 4.98 Å². The molecule has 2 heterocycles. The number of phenols is 1. The van der Waals surface area contributed by atoms with E-state index in [1.165, 1.54) is 0 Å². The Morgan fingerprint density at radius 1 is 0.964 bits per heavy atom. The maximum Gasteiger partial charge on any atom is 0.229 e. The second kappa shape index (κ2) is 7.92. The van der Waals surface area contributed by atoms with Crippen LogP contribution in [0.1, 0.15) is 11.3 Å². The number of nitrogens with one attached hydrogen (secondary N) is 2. The summed E-state index contributed by atoms with van der Waals surface area (Å²) >= 11 is 0. The minimum Gasteiger partial charge on any atom is -0.508 e. The first-order valence-corrected chi connectivity index (χ1v) is 9.15. The average Bonchev–Trinajstić information content (AvgIpc) is 2.69. The fourth-order valence-electron chi connectivity index (χ4n) is 3.00. The summed E-state index contributed by atoms with van der Waals surface area (Å²) in [5.41, 5.74) is 3.90. The van der Waals surface area contributed by atoms with Crippen LogP contribution in [0.15, 0.2) is 66.9 Å². The van der Waals surface area contributed by atoms with E-state index in [1.54, 1.807) is 18.3 Å². The molecule has 2 aromatic carbocycles. The summed E-state index contributed by atoms with van der Waals surface area (Å²) in [5.74, 6) is 1.61. The highest BCUT2D eigenvalue weighted by Crippen LogP contribution is 2.20. The zero-order valence-electron chi connectivity index (χ0n) is 15.6. The summed E-state index contributed by atoms with van der Waals surface area (Å²) in [6, 6.07) is 19.1. The van der Waals surface area contributed by atoms with Crippen LogP contribution in [0.3, 0.4) is 0 Å². The Balaban J connectivity index is 1.44. The zero-order valence-corrected chi connectivity index (χ0v) is 15.6. The van der Waals surface area contributed by atoms with Gasteiger partial charge in [0.25, 0.3) is 0 Å². The van der Waals surface area contributed by atoms with Gasteiger partial charge in [-0.1, -0.05) is 18.2 Å². The van der Waals surface area contributed by atoms with Crippen LogP contribution in [-0.2, 0) is 6.42 Å². The molecule has 6 nitrogen and oxygen atoms in total. The van der Waals surface area contributed by atoms with Gasteiger partial charge in [0, 0.05) is 35.6 Å². The van der Waals surface area contributed by atoms with E-state index in [0.717, 1.165) is 46.6 Å². The molecule has 0 saturated carbocycles. The molecule has 2 aromatic heterocycles. The van der Waals surface area contributed by atoms with Gasteiger partial charge in [-0.15, -0.1) is 0 Å². The lowest BCUT2D eigenvalue weighted by molar-refractivity contribution is 0.475. The van der Waals surface area contributed by atoms with Crippen molar-refractivity contribution in [3.8, 4) is 5.75 Å². The third-order valence-corrected chi connectivity index (χ3v) is 4.37. The fourth-order valence-corrected chi connectivity index (χ4v) is 3.00. The molecule has 0 radical (unpaired) electrons. The van der Waals surface area contributed by atoms with Gasteiger partial charge in [0.05, 0.1) is 5.52 Å². The smallest absolute Gasteiger partial charge is 0.229 e. The number of aromatic hydroxyl groups is 1. The van der Waals surface area contributed by atoms with Crippen LogP contribution in [-0.4, -0.2) is 26.6 Å². The van der Waals surface area contributed by atoms with E-state index in [0.29, 0.717) is 5.95 Å². The number of rotatable bonds is 6. The average molecular weight is 371 g/mol. The van der Waals surface area contributed by atoms with E-state index in [1.807, 2.05) is 55.5 Å². The van der Waals surface area contributed by atoms with Gasteiger partial charge in [0.1, 0.15) is 11.6 Å². The molecule has 6 heteroatoms. The maximum absolute atomic E-state index is 9.36. The number of benzene rings is 2. The SMILES string of the molecule is Cc1cc(NCCc2ccc(O)cc2)nc(Nc2ccc3ncccc3c2)n1. The van der Waals surface area contributed by atoms with Crippen molar-refractivity contribution in [1.82, 2.24) is 15.0 Å². The quantitative estimate of drug-likeness (QED) is 0.465. The zero-order chi connectivity index (χ0) is 19.3. The summed E-state index contributed by atoms with van der Waals surface area (Å²) in [4.78, 5) is 13.4.